The Hall–Kier alpha value is -2.34. The Kier molecular flexibility index (Phi) is 5.15. The highest BCUT2D eigenvalue weighted by Crippen LogP contribution is 2.39. The van der Waals surface area contributed by atoms with Crippen LogP contribution in [0.4, 0.5) is 11.5 Å². The second-order valence-corrected chi connectivity index (χ2v) is 5.96. The number of ether oxygens (including phenoxy) is 1. The number of halogens is 1. The van der Waals surface area contributed by atoms with Crippen molar-refractivity contribution in [3.63, 3.8) is 0 Å². The van der Waals surface area contributed by atoms with Gasteiger partial charge in [0, 0.05) is 24.7 Å². The van der Waals surface area contributed by atoms with Gasteiger partial charge in [-0.2, -0.15) is 0 Å². The quantitative estimate of drug-likeness (QED) is 0.591. The Bertz CT molecular complexity index is 720. The molecule has 0 atom stereocenters. The Balaban J connectivity index is 1.67. The van der Waals surface area contributed by atoms with Crippen LogP contribution in [0.5, 0.6) is 0 Å². The zero-order valence-corrected chi connectivity index (χ0v) is 14.1. The number of aromatic nitrogens is 2. The number of para-hydroxylation sites is 1. The van der Waals surface area contributed by atoms with E-state index in [1.54, 1.807) is 0 Å². The number of rotatable bonds is 7. The molecule has 0 aliphatic heterocycles. The van der Waals surface area contributed by atoms with Crippen LogP contribution in [0, 0.1) is 0 Å². The summed E-state index contributed by atoms with van der Waals surface area (Å²) >= 11 is 6.27. The van der Waals surface area contributed by atoms with E-state index < -0.39 is 5.97 Å². The predicted octanol–water partition coefficient (Wildman–Crippen LogP) is 3.32. The first-order valence-corrected chi connectivity index (χ1v) is 8.25. The molecule has 2 aromatic rings. The molecule has 1 aliphatic carbocycles. The van der Waals surface area contributed by atoms with Gasteiger partial charge >= 0.3 is 5.97 Å². The molecule has 0 saturated heterocycles. The largest absolute Gasteiger partial charge is 0.464 e. The van der Waals surface area contributed by atoms with E-state index in [2.05, 4.69) is 20.6 Å². The molecule has 1 aliphatic rings. The first-order chi connectivity index (χ1) is 11.7. The normalized spacial score (nSPS) is 13.4. The van der Waals surface area contributed by atoms with Gasteiger partial charge in [-0.15, -0.1) is 0 Å². The summed E-state index contributed by atoms with van der Waals surface area (Å²) in [7, 11) is 1.31. The lowest BCUT2D eigenvalue weighted by Gasteiger charge is -2.12. The predicted molar refractivity (Wildman–Crippen MR) is 93.8 cm³/mol. The fraction of sp³-hybridized carbons (Fsp3) is 0.353. The van der Waals surface area contributed by atoms with Gasteiger partial charge in [-0.05, 0) is 25.0 Å². The third kappa shape index (κ3) is 3.94. The lowest BCUT2D eigenvalue weighted by molar-refractivity contribution is 0.0593. The number of benzene rings is 1. The number of hydrogen-bond acceptors (Lipinski definition) is 6. The van der Waals surface area contributed by atoms with E-state index in [9.17, 15) is 4.79 Å². The van der Waals surface area contributed by atoms with Crippen molar-refractivity contribution in [2.75, 3.05) is 30.8 Å². The molecule has 7 heteroatoms. The van der Waals surface area contributed by atoms with Crippen LogP contribution in [0.2, 0.25) is 5.02 Å². The van der Waals surface area contributed by atoms with Crippen molar-refractivity contribution >= 4 is 29.1 Å². The van der Waals surface area contributed by atoms with Crippen molar-refractivity contribution < 1.29 is 9.53 Å². The number of anilines is 2. The number of hydrogen-bond donors (Lipinski definition) is 2. The number of nitrogens with one attached hydrogen (secondary N) is 2. The summed E-state index contributed by atoms with van der Waals surface area (Å²) in [6.45, 7) is 1.30. The lowest BCUT2D eigenvalue weighted by atomic mass is 10.3. The minimum Gasteiger partial charge on any atom is -0.464 e. The van der Waals surface area contributed by atoms with Crippen LogP contribution in [0.25, 0.3) is 0 Å². The average Bonchev–Trinajstić information content (AvgIpc) is 3.45. The van der Waals surface area contributed by atoms with Crippen LogP contribution in [0.15, 0.2) is 30.3 Å². The van der Waals surface area contributed by atoms with E-state index in [0.29, 0.717) is 30.6 Å². The van der Waals surface area contributed by atoms with Crippen LogP contribution in [0.1, 0.15) is 35.1 Å². The van der Waals surface area contributed by atoms with E-state index in [-0.39, 0.29) is 10.7 Å². The second-order valence-electron chi connectivity index (χ2n) is 5.58. The highest BCUT2D eigenvalue weighted by molar-refractivity contribution is 6.35. The third-order valence-electron chi connectivity index (χ3n) is 3.71. The molecule has 1 aromatic heterocycles. The zero-order valence-electron chi connectivity index (χ0n) is 13.4. The van der Waals surface area contributed by atoms with Gasteiger partial charge in [-0.1, -0.05) is 29.8 Å². The minimum atomic E-state index is -0.547. The molecular formula is C17H19ClN4O2. The Labute approximate surface area is 145 Å². The highest BCUT2D eigenvalue weighted by Gasteiger charge is 2.30. The number of esters is 1. The van der Waals surface area contributed by atoms with E-state index >= 15 is 0 Å². The van der Waals surface area contributed by atoms with Gasteiger partial charge in [0.25, 0.3) is 0 Å². The molecule has 24 heavy (non-hydrogen) atoms. The number of carbonyl (C=O) groups excluding carboxylic acids is 1. The third-order valence-corrected chi connectivity index (χ3v) is 4.07. The summed E-state index contributed by atoms with van der Waals surface area (Å²) in [5.74, 6) is 0.894. The lowest BCUT2D eigenvalue weighted by Crippen LogP contribution is -2.17. The summed E-state index contributed by atoms with van der Waals surface area (Å²) in [5, 5.41) is 6.66. The summed E-state index contributed by atoms with van der Waals surface area (Å²) < 4.78 is 4.76. The molecular weight excluding hydrogens is 328 g/mol. The molecule has 1 fully saturated rings. The van der Waals surface area contributed by atoms with E-state index in [1.165, 1.54) is 7.11 Å². The zero-order chi connectivity index (χ0) is 16.9. The number of methoxy groups -OCH3 is 1. The molecule has 0 unspecified atom stereocenters. The molecule has 0 spiro atoms. The van der Waals surface area contributed by atoms with Crippen molar-refractivity contribution in [2.24, 2.45) is 0 Å². The Morgan fingerprint density at radius 2 is 1.92 bits per heavy atom. The molecule has 2 N–H and O–H groups in total. The highest BCUT2D eigenvalue weighted by atomic mass is 35.5. The molecule has 3 rings (SSSR count). The molecule has 126 valence electrons. The molecule has 1 heterocycles. The van der Waals surface area contributed by atoms with Crippen LogP contribution in [-0.2, 0) is 4.74 Å². The summed E-state index contributed by atoms with van der Waals surface area (Å²) in [6, 6.07) is 9.91. The maximum Gasteiger partial charge on any atom is 0.358 e. The summed E-state index contributed by atoms with van der Waals surface area (Å²) in [4.78, 5) is 20.6. The SMILES string of the molecule is COC(=O)c1nc(C2CC2)nc(NCCNc2ccccc2)c1Cl. The van der Waals surface area contributed by atoms with Gasteiger partial charge in [0.15, 0.2) is 5.69 Å². The molecule has 1 saturated carbocycles. The van der Waals surface area contributed by atoms with Crippen LogP contribution in [-0.4, -0.2) is 36.1 Å². The number of carbonyl (C=O) groups is 1. The van der Waals surface area contributed by atoms with E-state index in [1.807, 2.05) is 30.3 Å². The average molecular weight is 347 g/mol. The summed E-state index contributed by atoms with van der Waals surface area (Å²) in [5.41, 5.74) is 1.16. The maximum atomic E-state index is 11.9. The van der Waals surface area contributed by atoms with Gasteiger partial charge < -0.3 is 15.4 Å². The van der Waals surface area contributed by atoms with E-state index in [0.717, 1.165) is 18.5 Å². The fourth-order valence-corrected chi connectivity index (χ4v) is 2.51. The molecule has 0 amide bonds. The second kappa shape index (κ2) is 7.49. The van der Waals surface area contributed by atoms with Crippen molar-refractivity contribution in [2.45, 2.75) is 18.8 Å². The fourth-order valence-electron chi connectivity index (χ4n) is 2.28. The smallest absolute Gasteiger partial charge is 0.358 e. The molecule has 6 nitrogen and oxygen atoms in total. The maximum absolute atomic E-state index is 11.9. The monoisotopic (exact) mass is 346 g/mol. The van der Waals surface area contributed by atoms with Crippen molar-refractivity contribution in [3.05, 3.63) is 46.9 Å². The summed E-state index contributed by atoms with van der Waals surface area (Å²) in [6.07, 6.45) is 2.08. The van der Waals surface area contributed by atoms with Crippen molar-refractivity contribution in [3.8, 4) is 0 Å². The van der Waals surface area contributed by atoms with Crippen LogP contribution >= 0.6 is 11.6 Å². The van der Waals surface area contributed by atoms with Crippen LogP contribution < -0.4 is 10.6 Å². The van der Waals surface area contributed by atoms with Gasteiger partial charge in [0.2, 0.25) is 0 Å². The molecule has 0 radical (unpaired) electrons. The first kappa shape index (κ1) is 16.5. The van der Waals surface area contributed by atoms with Gasteiger partial charge in [0.1, 0.15) is 16.7 Å². The molecule has 1 aromatic carbocycles. The van der Waals surface area contributed by atoms with Crippen molar-refractivity contribution in [1.29, 1.82) is 0 Å². The van der Waals surface area contributed by atoms with Crippen LogP contribution in [0.3, 0.4) is 0 Å². The van der Waals surface area contributed by atoms with Gasteiger partial charge in [-0.3, -0.25) is 0 Å². The number of nitrogens with zero attached hydrogens (tertiary/aromatic N) is 2. The van der Waals surface area contributed by atoms with Gasteiger partial charge in [0.05, 0.1) is 7.11 Å². The Morgan fingerprint density at radius 1 is 1.21 bits per heavy atom. The van der Waals surface area contributed by atoms with E-state index in [4.69, 9.17) is 16.3 Å². The standard InChI is InChI=1S/C17H19ClN4O2/c1-24-17(23)14-13(18)16(22-15(21-14)11-7-8-11)20-10-9-19-12-5-3-2-4-6-12/h2-6,11,19H,7-10H2,1H3,(H,20,21,22). The minimum absolute atomic E-state index is 0.120. The first-order valence-electron chi connectivity index (χ1n) is 7.87. The van der Waals surface area contributed by atoms with Gasteiger partial charge in [-0.25, -0.2) is 14.8 Å². The van der Waals surface area contributed by atoms with Crippen molar-refractivity contribution in [1.82, 2.24) is 9.97 Å². The Morgan fingerprint density at radius 3 is 2.58 bits per heavy atom. The topological polar surface area (TPSA) is 76.1 Å². The molecule has 0 bridgehead atoms.